The Bertz CT molecular complexity index is 706. The van der Waals surface area contributed by atoms with Crippen molar-refractivity contribution in [1.82, 2.24) is 4.98 Å². The van der Waals surface area contributed by atoms with E-state index in [1.807, 2.05) is 42.5 Å². The second-order valence-electron chi connectivity index (χ2n) is 4.10. The number of nitrogens with two attached hydrogens (primary N) is 1. The van der Waals surface area contributed by atoms with Gasteiger partial charge in [-0.2, -0.15) is 0 Å². The first-order valence-corrected chi connectivity index (χ1v) is 6.80. The van der Waals surface area contributed by atoms with E-state index in [4.69, 9.17) is 17.3 Å². The van der Waals surface area contributed by atoms with Gasteiger partial charge in [0.15, 0.2) is 0 Å². The molecule has 0 amide bonds. The largest absolute Gasteiger partial charge is 0.399 e. The number of halogens is 1. The zero-order valence-corrected chi connectivity index (χ0v) is 11.1. The fourth-order valence-electron chi connectivity index (χ4n) is 1.87. The van der Waals surface area contributed by atoms with E-state index < -0.39 is 0 Å². The summed E-state index contributed by atoms with van der Waals surface area (Å²) in [5.74, 6) is 0. The molecule has 1 aromatic heterocycles. The number of thiazole rings is 1. The number of rotatable bonds is 2. The highest BCUT2D eigenvalue weighted by Crippen LogP contribution is 2.27. The van der Waals surface area contributed by atoms with Crippen LogP contribution >= 0.6 is 22.9 Å². The Morgan fingerprint density at radius 2 is 2.00 bits per heavy atom. The van der Waals surface area contributed by atoms with Gasteiger partial charge in [-0.15, -0.1) is 11.3 Å². The van der Waals surface area contributed by atoms with Gasteiger partial charge < -0.3 is 5.73 Å². The molecule has 3 rings (SSSR count). The lowest BCUT2D eigenvalue weighted by Crippen LogP contribution is -1.87. The Balaban J connectivity index is 1.98. The molecule has 0 atom stereocenters. The van der Waals surface area contributed by atoms with E-state index in [1.165, 1.54) is 0 Å². The van der Waals surface area contributed by atoms with Crippen LogP contribution in [-0.4, -0.2) is 4.98 Å². The third kappa shape index (κ3) is 2.19. The normalized spacial score (nSPS) is 10.9. The summed E-state index contributed by atoms with van der Waals surface area (Å²) in [6.45, 7) is 0. The molecule has 90 valence electrons. The van der Waals surface area contributed by atoms with Gasteiger partial charge in [-0.25, -0.2) is 4.98 Å². The van der Waals surface area contributed by atoms with E-state index in [0.29, 0.717) is 0 Å². The summed E-state index contributed by atoms with van der Waals surface area (Å²) < 4.78 is 1.12. The molecule has 0 aliphatic carbocycles. The summed E-state index contributed by atoms with van der Waals surface area (Å²) >= 11 is 7.82. The van der Waals surface area contributed by atoms with Crippen molar-refractivity contribution in [3.63, 3.8) is 0 Å². The summed E-state index contributed by atoms with van der Waals surface area (Å²) in [5.41, 5.74) is 8.64. The van der Waals surface area contributed by atoms with E-state index in [-0.39, 0.29) is 0 Å². The lowest BCUT2D eigenvalue weighted by molar-refractivity contribution is 1.16. The van der Waals surface area contributed by atoms with Gasteiger partial charge in [0.2, 0.25) is 0 Å². The van der Waals surface area contributed by atoms with Crippen LogP contribution in [0.4, 0.5) is 5.69 Å². The molecule has 4 heteroatoms. The lowest BCUT2D eigenvalue weighted by Gasteiger charge is -1.99. The molecule has 0 fully saturated rings. The van der Waals surface area contributed by atoms with Gasteiger partial charge in [0, 0.05) is 17.1 Å². The number of anilines is 1. The summed E-state index contributed by atoms with van der Waals surface area (Å²) in [6, 6.07) is 13.7. The maximum atomic E-state index is 6.15. The van der Waals surface area contributed by atoms with E-state index in [2.05, 4.69) is 4.98 Å². The number of nitrogen functional groups attached to an aromatic ring is 1. The third-order valence-electron chi connectivity index (χ3n) is 2.76. The van der Waals surface area contributed by atoms with Gasteiger partial charge in [-0.3, -0.25) is 0 Å². The molecule has 0 bridgehead atoms. The minimum absolute atomic E-state index is 0.763. The minimum Gasteiger partial charge on any atom is -0.399 e. The summed E-state index contributed by atoms with van der Waals surface area (Å²) in [6.07, 6.45) is 0.763. The van der Waals surface area contributed by atoms with Crippen LogP contribution in [0, 0.1) is 0 Å². The second kappa shape index (κ2) is 4.59. The highest BCUT2D eigenvalue weighted by Gasteiger charge is 2.07. The zero-order valence-electron chi connectivity index (χ0n) is 9.56. The quantitative estimate of drug-likeness (QED) is 0.714. The van der Waals surface area contributed by atoms with Crippen molar-refractivity contribution in [3.05, 3.63) is 58.1 Å². The van der Waals surface area contributed by atoms with Gasteiger partial charge in [-0.1, -0.05) is 29.8 Å². The fourth-order valence-corrected chi connectivity index (χ4v) is 3.11. The first-order chi connectivity index (χ1) is 8.72. The molecular weight excluding hydrogens is 264 g/mol. The van der Waals surface area contributed by atoms with Crippen LogP contribution < -0.4 is 5.73 Å². The average Bonchev–Trinajstić information content (AvgIpc) is 2.73. The number of benzene rings is 2. The molecule has 2 nitrogen and oxygen atoms in total. The zero-order chi connectivity index (χ0) is 12.5. The van der Waals surface area contributed by atoms with Gasteiger partial charge in [0.05, 0.1) is 15.2 Å². The first-order valence-electron chi connectivity index (χ1n) is 5.61. The molecule has 3 aromatic rings. The number of fused-ring (bicyclic) bond motifs is 1. The number of nitrogens with zero attached hydrogens (tertiary/aromatic N) is 1. The molecule has 2 N–H and O–H groups in total. The minimum atomic E-state index is 0.763. The summed E-state index contributed by atoms with van der Waals surface area (Å²) in [7, 11) is 0. The van der Waals surface area contributed by atoms with E-state index in [0.717, 1.165) is 37.9 Å². The highest BCUT2D eigenvalue weighted by atomic mass is 35.5. The summed E-state index contributed by atoms with van der Waals surface area (Å²) in [4.78, 5) is 4.59. The van der Waals surface area contributed by atoms with Crippen LogP contribution in [0.15, 0.2) is 42.5 Å². The second-order valence-corrected chi connectivity index (χ2v) is 5.63. The van der Waals surface area contributed by atoms with Crippen molar-refractivity contribution in [2.75, 3.05) is 5.73 Å². The molecule has 0 aliphatic heterocycles. The van der Waals surface area contributed by atoms with Crippen molar-refractivity contribution in [1.29, 1.82) is 0 Å². The smallest absolute Gasteiger partial charge is 0.0982 e. The number of hydrogen-bond acceptors (Lipinski definition) is 3. The molecule has 0 saturated carbocycles. The van der Waals surface area contributed by atoms with Gasteiger partial charge in [-0.05, 0) is 29.8 Å². The third-order valence-corrected chi connectivity index (χ3v) is 4.14. The predicted molar refractivity (Wildman–Crippen MR) is 78.3 cm³/mol. The Hall–Kier alpha value is -1.58. The monoisotopic (exact) mass is 274 g/mol. The van der Waals surface area contributed by atoms with E-state index in [9.17, 15) is 0 Å². The highest BCUT2D eigenvalue weighted by molar-refractivity contribution is 7.18. The molecule has 0 saturated heterocycles. The van der Waals surface area contributed by atoms with Crippen LogP contribution in [-0.2, 0) is 6.42 Å². The topological polar surface area (TPSA) is 38.9 Å². The molecule has 18 heavy (non-hydrogen) atoms. The Morgan fingerprint density at radius 3 is 2.83 bits per heavy atom. The van der Waals surface area contributed by atoms with Crippen molar-refractivity contribution in [3.8, 4) is 0 Å². The van der Waals surface area contributed by atoms with Gasteiger partial charge in [0.25, 0.3) is 0 Å². The van der Waals surface area contributed by atoms with Crippen LogP contribution in [0.1, 0.15) is 10.6 Å². The van der Waals surface area contributed by atoms with Crippen molar-refractivity contribution in [2.45, 2.75) is 6.42 Å². The van der Waals surface area contributed by atoms with Gasteiger partial charge >= 0.3 is 0 Å². The first kappa shape index (κ1) is 11.5. The standard InChI is InChI=1S/C14H11ClN2S/c15-11-4-2-1-3-9(11)7-14-17-12-6-5-10(16)8-13(12)18-14/h1-6,8H,7,16H2. The molecule has 1 heterocycles. The number of hydrogen-bond donors (Lipinski definition) is 1. The Labute approximate surface area is 114 Å². The van der Waals surface area contributed by atoms with Crippen LogP contribution in [0.5, 0.6) is 0 Å². The fraction of sp³-hybridized carbons (Fsp3) is 0.0714. The molecule has 2 aromatic carbocycles. The van der Waals surface area contributed by atoms with Crippen molar-refractivity contribution in [2.24, 2.45) is 0 Å². The molecule has 0 radical (unpaired) electrons. The molecule has 0 unspecified atom stereocenters. The van der Waals surface area contributed by atoms with Crippen molar-refractivity contribution < 1.29 is 0 Å². The number of aromatic nitrogens is 1. The predicted octanol–water partition coefficient (Wildman–Crippen LogP) is 4.12. The molecule has 0 aliphatic rings. The maximum absolute atomic E-state index is 6.15. The Morgan fingerprint density at radius 1 is 1.17 bits per heavy atom. The SMILES string of the molecule is Nc1ccc2nc(Cc3ccccc3Cl)sc2c1. The summed E-state index contributed by atoms with van der Waals surface area (Å²) in [5, 5.41) is 1.85. The molecular formula is C14H11ClN2S. The van der Waals surface area contributed by atoms with Gasteiger partial charge in [0.1, 0.15) is 0 Å². The van der Waals surface area contributed by atoms with Crippen molar-refractivity contribution >= 4 is 38.8 Å². The van der Waals surface area contributed by atoms with Crippen LogP contribution in [0.3, 0.4) is 0 Å². The lowest BCUT2D eigenvalue weighted by atomic mass is 10.2. The van der Waals surface area contributed by atoms with Crippen LogP contribution in [0.2, 0.25) is 5.02 Å². The van der Waals surface area contributed by atoms with E-state index in [1.54, 1.807) is 11.3 Å². The molecule has 0 spiro atoms. The van der Waals surface area contributed by atoms with E-state index >= 15 is 0 Å². The Kier molecular flexibility index (Phi) is 2.94. The maximum Gasteiger partial charge on any atom is 0.0982 e. The van der Waals surface area contributed by atoms with Crippen LogP contribution in [0.25, 0.3) is 10.2 Å². The average molecular weight is 275 g/mol.